The Balaban J connectivity index is 1.35. The van der Waals surface area contributed by atoms with Crippen LogP contribution in [0.2, 0.25) is 15.2 Å². The summed E-state index contributed by atoms with van der Waals surface area (Å²) in [5.74, 6) is 0.363. The molecule has 1 atom stereocenters. The summed E-state index contributed by atoms with van der Waals surface area (Å²) in [5.41, 5.74) is 4.44. The van der Waals surface area contributed by atoms with E-state index in [-0.39, 0.29) is 46.3 Å². The molecule has 0 fully saturated rings. The van der Waals surface area contributed by atoms with Gasteiger partial charge in [0.2, 0.25) is 5.95 Å². The molecule has 0 bridgehead atoms. The van der Waals surface area contributed by atoms with E-state index in [2.05, 4.69) is 11.6 Å². The number of aromatic nitrogens is 2. The van der Waals surface area contributed by atoms with E-state index >= 15 is 4.39 Å². The molecule has 60 heavy (non-hydrogen) atoms. The topological polar surface area (TPSA) is 63.5 Å². The molecule has 0 saturated carbocycles. The largest absolute Gasteiger partial charge is 0.497 e. The number of nitrogens with zero attached hydrogens (tertiary/aromatic N) is 2. The van der Waals surface area contributed by atoms with E-state index in [0.717, 1.165) is 16.7 Å². The van der Waals surface area contributed by atoms with E-state index in [1.54, 1.807) is 52.5 Å². The lowest BCUT2D eigenvalue weighted by Gasteiger charge is -2.37. The van der Waals surface area contributed by atoms with Gasteiger partial charge in [0.25, 0.3) is 0 Å². The van der Waals surface area contributed by atoms with Gasteiger partial charge >= 0.3 is 0 Å². The lowest BCUT2D eigenvalue weighted by atomic mass is 9.80. The third-order valence-electron chi connectivity index (χ3n) is 10.4. The Bertz CT molecular complexity index is 2540. The molecular formula is C48H41Cl3F2N2O5. The molecule has 0 N–H and O–H groups in total. The minimum atomic E-state index is -1.16. The van der Waals surface area contributed by atoms with Crippen molar-refractivity contribution in [3.63, 3.8) is 0 Å². The molecule has 0 aliphatic carbocycles. The molecule has 2 heterocycles. The summed E-state index contributed by atoms with van der Waals surface area (Å²) < 4.78 is 62.4. The van der Waals surface area contributed by atoms with Crippen LogP contribution in [0.5, 0.6) is 17.2 Å². The van der Waals surface area contributed by atoms with Crippen molar-refractivity contribution in [2.24, 2.45) is 0 Å². The van der Waals surface area contributed by atoms with Gasteiger partial charge in [0.1, 0.15) is 39.7 Å². The Labute approximate surface area is 362 Å². The lowest BCUT2D eigenvalue weighted by Crippen LogP contribution is -2.38. The predicted molar refractivity (Wildman–Crippen MR) is 234 cm³/mol. The Morgan fingerprint density at radius 1 is 0.733 bits per heavy atom. The van der Waals surface area contributed by atoms with Crippen LogP contribution in [0.15, 0.2) is 128 Å². The fourth-order valence-corrected chi connectivity index (χ4v) is 8.39. The van der Waals surface area contributed by atoms with Gasteiger partial charge in [-0.2, -0.15) is 4.39 Å². The molecule has 2 aromatic heterocycles. The monoisotopic (exact) mass is 868 g/mol. The van der Waals surface area contributed by atoms with Gasteiger partial charge in [-0.05, 0) is 89.2 Å². The minimum Gasteiger partial charge on any atom is -0.497 e. The number of benzene rings is 5. The molecule has 0 saturated heterocycles. The number of rotatable bonds is 16. The number of methoxy groups -OCH3 is 2. The van der Waals surface area contributed by atoms with Gasteiger partial charge in [-0.25, -0.2) is 9.37 Å². The molecule has 7 nitrogen and oxygen atoms in total. The first-order chi connectivity index (χ1) is 29.0. The smallest absolute Gasteiger partial charge is 0.237 e. The second kappa shape index (κ2) is 18.5. The third kappa shape index (κ3) is 8.08. The summed E-state index contributed by atoms with van der Waals surface area (Å²) >= 11 is 21.5. The molecule has 0 radical (unpaired) electrons. The predicted octanol–water partition coefficient (Wildman–Crippen LogP) is 12.5. The van der Waals surface area contributed by atoms with Crippen molar-refractivity contribution in [2.75, 3.05) is 34.0 Å². The molecule has 0 aliphatic heterocycles. The number of halogens is 5. The second-order valence-corrected chi connectivity index (χ2v) is 15.1. The van der Waals surface area contributed by atoms with E-state index in [9.17, 15) is 4.39 Å². The van der Waals surface area contributed by atoms with Crippen LogP contribution in [0.1, 0.15) is 27.8 Å². The minimum absolute atomic E-state index is 0.0120. The van der Waals surface area contributed by atoms with Gasteiger partial charge in [0, 0.05) is 23.5 Å². The molecule has 7 aromatic rings. The number of hydrogen-bond donors (Lipinski definition) is 0. The molecule has 7 rings (SSSR count). The maximum atomic E-state index is 15.8. The Morgan fingerprint density at radius 3 is 1.85 bits per heavy atom. The van der Waals surface area contributed by atoms with Crippen LogP contribution in [0.25, 0.3) is 27.8 Å². The van der Waals surface area contributed by atoms with Gasteiger partial charge in [0.05, 0.1) is 44.1 Å². The van der Waals surface area contributed by atoms with Gasteiger partial charge < -0.3 is 28.1 Å². The first-order valence-corrected chi connectivity index (χ1v) is 20.1. The Hall–Kier alpha value is -5.42. The molecule has 0 aliphatic rings. The van der Waals surface area contributed by atoms with Crippen molar-refractivity contribution < 1.29 is 32.5 Å². The number of hydrogen-bond acceptors (Lipinski definition) is 6. The van der Waals surface area contributed by atoms with E-state index in [1.807, 2.05) is 78.9 Å². The molecule has 12 heteroatoms. The number of fused-ring (bicyclic) bond motifs is 1. The van der Waals surface area contributed by atoms with Crippen LogP contribution in [0.3, 0.4) is 0 Å². The molecule has 0 amide bonds. The Morgan fingerprint density at radius 2 is 1.30 bits per heavy atom. The summed E-state index contributed by atoms with van der Waals surface area (Å²) in [6, 6.07) is 31.1. The Kier molecular flexibility index (Phi) is 13.1. The summed E-state index contributed by atoms with van der Waals surface area (Å²) in [6.07, 6.45) is 3.74. The fraction of sp³-hybridized carbons (Fsp3) is 0.188. The standard InChI is InChI=1S/C48H41Cl3F2N2O5/c1-6-26-58-27-38(28-59-48(32-10-8-7-9-11-32,33-14-20-36(56-4)21-15-33)34-16-22-37(57-5)23-17-34)60-45-42(49)29(2)39(30(3)43(45)50)41-40(31-12-18-35(52)19-13-31)46(51)55-25-24-54-47(53)44(41)55/h6-25,38H,1,26-28H2,2-5H3/t38-/m1/s1. The third-order valence-corrected chi connectivity index (χ3v) is 11.7. The van der Waals surface area contributed by atoms with Crippen molar-refractivity contribution in [2.45, 2.75) is 25.6 Å². The van der Waals surface area contributed by atoms with E-state index in [0.29, 0.717) is 44.9 Å². The zero-order valence-electron chi connectivity index (χ0n) is 33.3. The summed E-state index contributed by atoms with van der Waals surface area (Å²) in [4.78, 5) is 3.93. The molecular weight excluding hydrogens is 829 g/mol. The highest BCUT2D eigenvalue weighted by Crippen LogP contribution is 2.51. The van der Waals surface area contributed by atoms with Crippen LogP contribution < -0.4 is 14.2 Å². The molecule has 5 aromatic carbocycles. The highest BCUT2D eigenvalue weighted by atomic mass is 35.5. The van der Waals surface area contributed by atoms with E-state index in [4.69, 9.17) is 58.5 Å². The summed E-state index contributed by atoms with van der Waals surface area (Å²) in [7, 11) is 3.24. The van der Waals surface area contributed by atoms with Gasteiger partial charge in [0.15, 0.2) is 5.75 Å². The van der Waals surface area contributed by atoms with Crippen molar-refractivity contribution in [3.05, 3.63) is 183 Å². The normalized spacial score (nSPS) is 12.1. The average Bonchev–Trinajstić information content (AvgIpc) is 3.57. The molecule has 0 unspecified atom stereocenters. The first-order valence-electron chi connectivity index (χ1n) is 19.0. The highest BCUT2D eigenvalue weighted by Gasteiger charge is 2.39. The molecule has 308 valence electrons. The zero-order chi connectivity index (χ0) is 42.6. The van der Waals surface area contributed by atoms with E-state index in [1.165, 1.54) is 22.7 Å². The van der Waals surface area contributed by atoms with Crippen LogP contribution in [0, 0.1) is 25.6 Å². The van der Waals surface area contributed by atoms with Crippen molar-refractivity contribution in [1.29, 1.82) is 0 Å². The van der Waals surface area contributed by atoms with Crippen LogP contribution >= 0.6 is 34.8 Å². The fourth-order valence-electron chi connectivity index (χ4n) is 7.53. The first kappa shape index (κ1) is 42.7. The highest BCUT2D eigenvalue weighted by molar-refractivity contribution is 6.39. The maximum Gasteiger partial charge on any atom is 0.237 e. The van der Waals surface area contributed by atoms with Crippen molar-refractivity contribution in [1.82, 2.24) is 9.38 Å². The van der Waals surface area contributed by atoms with Crippen LogP contribution in [-0.4, -0.2) is 49.5 Å². The van der Waals surface area contributed by atoms with Crippen molar-refractivity contribution in [3.8, 4) is 39.5 Å². The maximum absolute atomic E-state index is 15.8. The summed E-state index contributed by atoms with van der Waals surface area (Å²) in [5, 5.41) is 0.559. The lowest BCUT2D eigenvalue weighted by molar-refractivity contribution is -0.0523. The zero-order valence-corrected chi connectivity index (χ0v) is 35.5. The van der Waals surface area contributed by atoms with Crippen LogP contribution in [0.4, 0.5) is 8.78 Å². The van der Waals surface area contributed by atoms with Crippen LogP contribution in [-0.2, 0) is 15.1 Å². The quantitative estimate of drug-likeness (QED) is 0.0548. The van der Waals surface area contributed by atoms with Gasteiger partial charge in [-0.1, -0.05) is 108 Å². The SMILES string of the molecule is C=CCOC[C@H](COC(c1ccccc1)(c1ccc(OC)cc1)c1ccc(OC)cc1)Oc1c(Cl)c(C)c(-c2c(-c3ccc(F)cc3)c(Cl)n3ccnc(F)c23)c(C)c1Cl. The average molecular weight is 870 g/mol. The van der Waals surface area contributed by atoms with Gasteiger partial charge in [-0.3, -0.25) is 0 Å². The van der Waals surface area contributed by atoms with Crippen molar-refractivity contribution >= 4 is 40.3 Å². The second-order valence-electron chi connectivity index (χ2n) is 13.9. The molecule has 0 spiro atoms. The van der Waals surface area contributed by atoms with Gasteiger partial charge in [-0.15, -0.1) is 6.58 Å². The number of ether oxygens (including phenoxy) is 5. The summed E-state index contributed by atoms with van der Waals surface area (Å²) in [6.45, 7) is 7.69. The van der Waals surface area contributed by atoms with E-state index < -0.39 is 23.5 Å².